The maximum Gasteiger partial charge on any atom is 0.321 e. The summed E-state index contributed by atoms with van der Waals surface area (Å²) in [6, 6.07) is 6.42. The molecular formula is C14H20N2O4. The van der Waals surface area contributed by atoms with Gasteiger partial charge in [-0.15, -0.1) is 0 Å². The lowest BCUT2D eigenvalue weighted by molar-refractivity contribution is -0.141. The molecule has 0 fully saturated rings. The van der Waals surface area contributed by atoms with E-state index in [1.54, 1.807) is 6.07 Å². The highest BCUT2D eigenvalue weighted by atomic mass is 16.5. The first-order valence-electron chi connectivity index (χ1n) is 6.34. The van der Waals surface area contributed by atoms with Crippen molar-refractivity contribution in [3.63, 3.8) is 0 Å². The molecule has 1 atom stereocenters. The molecule has 0 radical (unpaired) electrons. The van der Waals surface area contributed by atoms with E-state index in [9.17, 15) is 9.59 Å². The minimum absolute atomic E-state index is 0.132. The third kappa shape index (κ3) is 5.81. The van der Waals surface area contributed by atoms with Crippen molar-refractivity contribution >= 4 is 17.6 Å². The van der Waals surface area contributed by atoms with E-state index >= 15 is 0 Å². The summed E-state index contributed by atoms with van der Waals surface area (Å²) >= 11 is 0. The van der Waals surface area contributed by atoms with Crippen molar-refractivity contribution in [3.8, 4) is 0 Å². The van der Waals surface area contributed by atoms with E-state index in [4.69, 9.17) is 9.84 Å². The van der Waals surface area contributed by atoms with Gasteiger partial charge in [-0.05, 0) is 24.6 Å². The number of hydrogen-bond donors (Lipinski definition) is 3. The molecule has 1 unspecified atom stereocenters. The Morgan fingerprint density at radius 2 is 2.15 bits per heavy atom. The third-order valence-electron chi connectivity index (χ3n) is 2.69. The summed E-state index contributed by atoms with van der Waals surface area (Å²) < 4.78 is 4.83. The summed E-state index contributed by atoms with van der Waals surface area (Å²) in [7, 11) is 1.53. The summed E-state index contributed by atoms with van der Waals surface area (Å²) in [5.41, 5.74) is 1.69. The van der Waals surface area contributed by atoms with Crippen molar-refractivity contribution in [2.24, 2.45) is 0 Å². The lowest BCUT2D eigenvalue weighted by atomic mass is 10.2. The number of rotatable bonds is 8. The fourth-order valence-corrected chi connectivity index (χ4v) is 1.70. The van der Waals surface area contributed by atoms with Crippen LogP contribution in [0.25, 0.3) is 0 Å². The first kappa shape index (κ1) is 16.1. The fourth-order valence-electron chi connectivity index (χ4n) is 1.70. The number of nitrogens with one attached hydrogen (secondary N) is 2. The van der Waals surface area contributed by atoms with Gasteiger partial charge in [0.1, 0.15) is 6.04 Å². The van der Waals surface area contributed by atoms with Gasteiger partial charge in [-0.2, -0.15) is 0 Å². The van der Waals surface area contributed by atoms with Crippen LogP contribution in [0.2, 0.25) is 0 Å². The zero-order valence-corrected chi connectivity index (χ0v) is 11.7. The van der Waals surface area contributed by atoms with E-state index in [0.29, 0.717) is 18.8 Å². The predicted molar refractivity (Wildman–Crippen MR) is 75.7 cm³/mol. The summed E-state index contributed by atoms with van der Waals surface area (Å²) in [4.78, 5) is 22.9. The number of benzene rings is 1. The number of anilines is 1. The molecule has 1 rings (SSSR count). The van der Waals surface area contributed by atoms with Gasteiger partial charge in [0.25, 0.3) is 0 Å². The van der Waals surface area contributed by atoms with Crippen molar-refractivity contribution in [3.05, 3.63) is 29.8 Å². The molecule has 1 aromatic rings. The third-order valence-corrected chi connectivity index (χ3v) is 2.69. The SMILES string of the molecule is COCCNC(CC(=O)Nc1cccc(C)c1)C(=O)O. The van der Waals surface area contributed by atoms with Crippen molar-refractivity contribution in [2.75, 3.05) is 25.6 Å². The van der Waals surface area contributed by atoms with Crippen molar-refractivity contribution < 1.29 is 19.4 Å². The number of hydrogen-bond acceptors (Lipinski definition) is 4. The molecule has 1 aromatic carbocycles. The summed E-state index contributed by atoms with van der Waals surface area (Å²) in [5, 5.41) is 14.5. The van der Waals surface area contributed by atoms with Crippen LogP contribution in [0, 0.1) is 6.92 Å². The number of carboxylic acid groups (broad SMARTS) is 1. The quantitative estimate of drug-likeness (QED) is 0.619. The highest BCUT2D eigenvalue weighted by molar-refractivity contribution is 5.94. The van der Waals surface area contributed by atoms with Crippen LogP contribution in [0.1, 0.15) is 12.0 Å². The molecule has 0 aliphatic carbocycles. The van der Waals surface area contributed by atoms with Crippen molar-refractivity contribution in [1.29, 1.82) is 0 Å². The predicted octanol–water partition coefficient (Wildman–Crippen LogP) is 1.01. The number of aryl methyl sites for hydroxylation is 1. The van der Waals surface area contributed by atoms with E-state index in [1.165, 1.54) is 7.11 Å². The Labute approximate surface area is 118 Å². The van der Waals surface area contributed by atoms with Gasteiger partial charge in [0, 0.05) is 19.3 Å². The Balaban J connectivity index is 2.51. The first-order valence-corrected chi connectivity index (χ1v) is 6.34. The highest BCUT2D eigenvalue weighted by Gasteiger charge is 2.20. The van der Waals surface area contributed by atoms with Gasteiger partial charge in [-0.25, -0.2) is 0 Å². The smallest absolute Gasteiger partial charge is 0.321 e. The number of aliphatic carboxylic acids is 1. The molecule has 6 nitrogen and oxygen atoms in total. The van der Waals surface area contributed by atoms with Gasteiger partial charge < -0.3 is 20.5 Å². The average Bonchev–Trinajstić information content (AvgIpc) is 2.37. The highest BCUT2D eigenvalue weighted by Crippen LogP contribution is 2.10. The van der Waals surface area contributed by atoms with Gasteiger partial charge in [-0.3, -0.25) is 9.59 Å². The molecule has 0 aliphatic rings. The fraction of sp³-hybridized carbons (Fsp3) is 0.429. The van der Waals surface area contributed by atoms with Crippen molar-refractivity contribution in [1.82, 2.24) is 5.32 Å². The zero-order chi connectivity index (χ0) is 15.0. The van der Waals surface area contributed by atoms with Crippen LogP contribution in [0.3, 0.4) is 0 Å². The van der Waals surface area contributed by atoms with E-state index in [0.717, 1.165) is 5.56 Å². The molecule has 0 bridgehead atoms. The Morgan fingerprint density at radius 1 is 1.40 bits per heavy atom. The second kappa shape index (κ2) is 8.29. The second-order valence-corrected chi connectivity index (χ2v) is 4.46. The second-order valence-electron chi connectivity index (χ2n) is 4.46. The molecule has 0 aliphatic heterocycles. The minimum Gasteiger partial charge on any atom is -0.480 e. The van der Waals surface area contributed by atoms with Crippen LogP contribution in [0.15, 0.2) is 24.3 Å². The number of carbonyl (C=O) groups excluding carboxylic acids is 1. The molecule has 6 heteroatoms. The first-order chi connectivity index (χ1) is 9.52. The van der Waals surface area contributed by atoms with Crippen molar-refractivity contribution in [2.45, 2.75) is 19.4 Å². The summed E-state index contributed by atoms with van der Waals surface area (Å²) in [6.07, 6.45) is -0.132. The van der Waals surface area contributed by atoms with Crippen LogP contribution < -0.4 is 10.6 Å². The molecule has 0 saturated carbocycles. The van der Waals surface area contributed by atoms with Crippen LogP contribution in [-0.4, -0.2) is 43.3 Å². The molecule has 110 valence electrons. The Kier molecular flexibility index (Phi) is 6.69. The maximum absolute atomic E-state index is 11.8. The molecule has 0 heterocycles. The monoisotopic (exact) mass is 280 g/mol. The number of methoxy groups -OCH3 is 1. The molecule has 20 heavy (non-hydrogen) atoms. The van der Waals surface area contributed by atoms with Crippen LogP contribution in [0.4, 0.5) is 5.69 Å². The largest absolute Gasteiger partial charge is 0.480 e. The van der Waals surface area contributed by atoms with Crippen LogP contribution in [-0.2, 0) is 14.3 Å². The van der Waals surface area contributed by atoms with E-state index in [1.807, 2.05) is 25.1 Å². The lowest BCUT2D eigenvalue weighted by Crippen LogP contribution is -2.41. The normalized spacial score (nSPS) is 11.9. The van der Waals surface area contributed by atoms with E-state index in [2.05, 4.69) is 10.6 Å². The number of carbonyl (C=O) groups is 2. The Morgan fingerprint density at radius 3 is 2.75 bits per heavy atom. The van der Waals surface area contributed by atoms with E-state index < -0.39 is 12.0 Å². The van der Waals surface area contributed by atoms with Gasteiger partial charge in [0.2, 0.25) is 5.91 Å². The van der Waals surface area contributed by atoms with Crippen LogP contribution in [0.5, 0.6) is 0 Å². The molecule has 0 saturated heterocycles. The molecular weight excluding hydrogens is 260 g/mol. The van der Waals surface area contributed by atoms with E-state index in [-0.39, 0.29) is 12.3 Å². The van der Waals surface area contributed by atoms with Gasteiger partial charge in [-0.1, -0.05) is 12.1 Å². The topological polar surface area (TPSA) is 87.7 Å². The molecule has 0 spiro atoms. The lowest BCUT2D eigenvalue weighted by Gasteiger charge is -2.14. The molecule has 0 aromatic heterocycles. The minimum atomic E-state index is -1.06. The number of carboxylic acids is 1. The van der Waals surface area contributed by atoms with Gasteiger partial charge in [0.15, 0.2) is 0 Å². The van der Waals surface area contributed by atoms with Crippen LogP contribution >= 0.6 is 0 Å². The molecule has 1 amide bonds. The average molecular weight is 280 g/mol. The molecule has 3 N–H and O–H groups in total. The van der Waals surface area contributed by atoms with Gasteiger partial charge in [0.05, 0.1) is 13.0 Å². The van der Waals surface area contributed by atoms with Gasteiger partial charge >= 0.3 is 5.97 Å². The summed E-state index contributed by atoms with van der Waals surface area (Å²) in [6.45, 7) is 2.69. The Bertz CT molecular complexity index is 462. The summed E-state index contributed by atoms with van der Waals surface area (Å²) in [5.74, 6) is -1.39. The number of amides is 1. The maximum atomic E-state index is 11.8. The Hall–Kier alpha value is -1.92. The standard InChI is InChI=1S/C14H20N2O4/c1-10-4-3-5-11(8-10)16-13(17)9-12(14(18)19)15-6-7-20-2/h3-5,8,12,15H,6-7,9H2,1-2H3,(H,16,17)(H,18,19). The zero-order valence-electron chi connectivity index (χ0n) is 11.7. The number of ether oxygens (including phenoxy) is 1.